The van der Waals surface area contributed by atoms with E-state index in [0.29, 0.717) is 12.0 Å². The third-order valence-corrected chi connectivity index (χ3v) is 4.78. The smallest absolute Gasteiger partial charge is 0.225 e. The molecule has 27 heavy (non-hydrogen) atoms. The molecular formula is C23H28N4. The largest absolute Gasteiger partial charge is 0.352 e. The van der Waals surface area contributed by atoms with Crippen LogP contribution >= 0.6 is 0 Å². The van der Waals surface area contributed by atoms with Gasteiger partial charge in [-0.05, 0) is 37.8 Å². The Morgan fingerprint density at radius 3 is 2.44 bits per heavy atom. The molecule has 0 unspecified atom stereocenters. The van der Waals surface area contributed by atoms with Gasteiger partial charge in [-0.1, -0.05) is 62.4 Å². The predicted octanol–water partition coefficient (Wildman–Crippen LogP) is 5.97. The molecule has 0 radical (unpaired) electrons. The summed E-state index contributed by atoms with van der Waals surface area (Å²) in [6.07, 6.45) is 1.98. The summed E-state index contributed by atoms with van der Waals surface area (Å²) < 4.78 is 0. The fourth-order valence-electron chi connectivity index (χ4n) is 2.99. The number of aryl methyl sites for hydroxylation is 2. The van der Waals surface area contributed by atoms with E-state index in [1.807, 2.05) is 24.3 Å². The molecule has 0 amide bonds. The average molecular weight is 361 g/mol. The highest BCUT2D eigenvalue weighted by Gasteiger charge is 2.11. The molecule has 1 atom stereocenters. The topological polar surface area (TPSA) is 49.8 Å². The first kappa shape index (κ1) is 18.9. The Morgan fingerprint density at radius 2 is 1.74 bits per heavy atom. The van der Waals surface area contributed by atoms with E-state index in [0.717, 1.165) is 35.6 Å². The molecule has 0 aliphatic carbocycles. The van der Waals surface area contributed by atoms with Crippen molar-refractivity contribution in [3.63, 3.8) is 0 Å². The first-order valence-electron chi connectivity index (χ1n) is 9.67. The summed E-state index contributed by atoms with van der Waals surface area (Å²) in [5, 5.41) is 6.95. The van der Waals surface area contributed by atoms with Crippen LogP contribution in [0.25, 0.3) is 11.3 Å². The Balaban J connectivity index is 2.03. The van der Waals surface area contributed by atoms with E-state index in [1.165, 1.54) is 11.1 Å². The quantitative estimate of drug-likeness (QED) is 0.545. The number of rotatable bonds is 7. The van der Waals surface area contributed by atoms with Gasteiger partial charge in [-0.3, -0.25) is 0 Å². The number of anilines is 3. The summed E-state index contributed by atoms with van der Waals surface area (Å²) in [5.41, 5.74) is 5.62. The summed E-state index contributed by atoms with van der Waals surface area (Å²) in [4.78, 5) is 9.46. The van der Waals surface area contributed by atoms with Gasteiger partial charge in [-0.15, -0.1) is 0 Å². The van der Waals surface area contributed by atoms with Gasteiger partial charge >= 0.3 is 0 Å². The molecule has 140 valence electrons. The zero-order valence-electron chi connectivity index (χ0n) is 16.6. The van der Waals surface area contributed by atoms with Crippen LogP contribution in [0, 0.1) is 6.92 Å². The first-order chi connectivity index (χ1) is 13.1. The highest BCUT2D eigenvalue weighted by molar-refractivity contribution is 5.70. The van der Waals surface area contributed by atoms with Crippen LogP contribution in [0.1, 0.15) is 38.3 Å². The van der Waals surface area contributed by atoms with E-state index < -0.39 is 0 Å². The van der Waals surface area contributed by atoms with Crippen LogP contribution in [0.3, 0.4) is 0 Å². The van der Waals surface area contributed by atoms with Gasteiger partial charge in [0.05, 0.1) is 5.69 Å². The molecule has 2 aromatic carbocycles. The van der Waals surface area contributed by atoms with E-state index in [2.05, 4.69) is 68.7 Å². The number of hydrogen-bond acceptors (Lipinski definition) is 4. The van der Waals surface area contributed by atoms with Crippen molar-refractivity contribution in [2.45, 2.75) is 46.6 Å². The van der Waals surface area contributed by atoms with E-state index in [4.69, 9.17) is 9.97 Å². The molecular weight excluding hydrogens is 332 g/mol. The molecule has 0 aliphatic heterocycles. The van der Waals surface area contributed by atoms with Crippen molar-refractivity contribution in [2.75, 3.05) is 10.6 Å². The van der Waals surface area contributed by atoms with Crippen molar-refractivity contribution < 1.29 is 0 Å². The lowest BCUT2D eigenvalue weighted by Gasteiger charge is -2.17. The Hall–Kier alpha value is -2.88. The van der Waals surface area contributed by atoms with Gasteiger partial charge in [0.1, 0.15) is 5.82 Å². The van der Waals surface area contributed by atoms with Crippen LogP contribution in [0.5, 0.6) is 0 Å². The maximum Gasteiger partial charge on any atom is 0.225 e. The molecule has 1 heterocycles. The zero-order valence-corrected chi connectivity index (χ0v) is 16.6. The Bertz CT molecular complexity index is 890. The van der Waals surface area contributed by atoms with Crippen LogP contribution in [0.2, 0.25) is 0 Å². The Labute approximate surface area is 162 Å². The average Bonchev–Trinajstić information content (AvgIpc) is 2.70. The zero-order chi connectivity index (χ0) is 19.2. The van der Waals surface area contributed by atoms with Gasteiger partial charge in [-0.25, -0.2) is 4.98 Å². The molecule has 2 N–H and O–H groups in total. The van der Waals surface area contributed by atoms with Gasteiger partial charge < -0.3 is 10.6 Å². The van der Waals surface area contributed by atoms with Gasteiger partial charge in [-0.2, -0.15) is 4.98 Å². The minimum absolute atomic E-state index is 0.313. The molecule has 4 heteroatoms. The van der Waals surface area contributed by atoms with Crippen LogP contribution in [-0.2, 0) is 6.42 Å². The lowest BCUT2D eigenvalue weighted by Crippen LogP contribution is -2.16. The van der Waals surface area contributed by atoms with E-state index in [-0.39, 0.29) is 0 Å². The molecule has 0 aliphatic rings. The standard InChI is InChI=1S/C23H28N4/c1-5-17(4)24-23-25-20(19-12-8-7-9-13-19)15-21(27-23)26-22-16(3)11-10-14-18(22)6-2/h7-15,17H,5-6H2,1-4H3,(H2,24,25,26,27)/t17-/m1/s1. The van der Waals surface area contributed by atoms with Crippen LogP contribution in [0.4, 0.5) is 17.5 Å². The number of hydrogen-bond donors (Lipinski definition) is 2. The lowest BCUT2D eigenvalue weighted by atomic mass is 10.1. The maximum atomic E-state index is 4.74. The van der Waals surface area contributed by atoms with Crippen molar-refractivity contribution in [3.05, 3.63) is 65.7 Å². The number of para-hydroxylation sites is 1. The number of nitrogens with one attached hydrogen (secondary N) is 2. The number of benzene rings is 2. The molecule has 3 aromatic rings. The van der Waals surface area contributed by atoms with Gasteiger partial charge in [0, 0.05) is 23.4 Å². The highest BCUT2D eigenvalue weighted by atomic mass is 15.2. The number of nitrogens with zero attached hydrogens (tertiary/aromatic N) is 2. The van der Waals surface area contributed by atoms with Crippen molar-refractivity contribution in [1.82, 2.24) is 9.97 Å². The molecule has 0 bridgehead atoms. The lowest BCUT2D eigenvalue weighted by molar-refractivity contribution is 0.753. The van der Waals surface area contributed by atoms with Crippen molar-refractivity contribution >= 4 is 17.5 Å². The molecule has 1 aromatic heterocycles. The molecule has 4 nitrogen and oxygen atoms in total. The van der Waals surface area contributed by atoms with E-state index in [9.17, 15) is 0 Å². The summed E-state index contributed by atoms with van der Waals surface area (Å²) in [7, 11) is 0. The third-order valence-electron chi connectivity index (χ3n) is 4.78. The van der Waals surface area contributed by atoms with Crippen molar-refractivity contribution in [3.8, 4) is 11.3 Å². The second-order valence-corrected chi connectivity index (χ2v) is 6.87. The second kappa shape index (κ2) is 8.67. The first-order valence-corrected chi connectivity index (χ1v) is 9.67. The van der Waals surface area contributed by atoms with Crippen molar-refractivity contribution in [2.24, 2.45) is 0 Å². The van der Waals surface area contributed by atoms with Gasteiger partial charge in [0.15, 0.2) is 0 Å². The van der Waals surface area contributed by atoms with Gasteiger partial charge in [0.2, 0.25) is 5.95 Å². The van der Waals surface area contributed by atoms with Crippen LogP contribution in [0.15, 0.2) is 54.6 Å². The molecule has 0 saturated carbocycles. The van der Waals surface area contributed by atoms with Crippen LogP contribution in [-0.4, -0.2) is 16.0 Å². The van der Waals surface area contributed by atoms with Gasteiger partial charge in [0.25, 0.3) is 0 Å². The summed E-state index contributed by atoms with van der Waals surface area (Å²) in [6.45, 7) is 8.59. The number of aromatic nitrogens is 2. The summed E-state index contributed by atoms with van der Waals surface area (Å²) >= 11 is 0. The van der Waals surface area contributed by atoms with Crippen molar-refractivity contribution in [1.29, 1.82) is 0 Å². The fraction of sp³-hybridized carbons (Fsp3) is 0.304. The highest BCUT2D eigenvalue weighted by Crippen LogP contribution is 2.28. The molecule has 0 fully saturated rings. The summed E-state index contributed by atoms with van der Waals surface area (Å²) in [5.74, 6) is 1.46. The molecule has 0 spiro atoms. The van der Waals surface area contributed by atoms with E-state index >= 15 is 0 Å². The molecule has 3 rings (SSSR count). The Kier molecular flexibility index (Phi) is 6.07. The fourth-order valence-corrected chi connectivity index (χ4v) is 2.99. The second-order valence-electron chi connectivity index (χ2n) is 6.87. The Morgan fingerprint density at radius 1 is 0.963 bits per heavy atom. The van der Waals surface area contributed by atoms with E-state index in [1.54, 1.807) is 0 Å². The predicted molar refractivity (Wildman–Crippen MR) is 115 cm³/mol. The maximum absolute atomic E-state index is 4.74. The summed E-state index contributed by atoms with van der Waals surface area (Å²) in [6, 6.07) is 18.9. The third kappa shape index (κ3) is 4.64. The molecule has 0 saturated heterocycles. The minimum atomic E-state index is 0.313. The van der Waals surface area contributed by atoms with Crippen LogP contribution < -0.4 is 10.6 Å². The SMILES string of the molecule is CCc1cccc(C)c1Nc1cc(-c2ccccc2)nc(N[C@H](C)CC)n1. The normalized spacial score (nSPS) is 11.9. The monoisotopic (exact) mass is 360 g/mol. The minimum Gasteiger partial charge on any atom is -0.352 e.